The van der Waals surface area contributed by atoms with Crippen LogP contribution in [0.2, 0.25) is 0 Å². The van der Waals surface area contributed by atoms with Gasteiger partial charge < -0.3 is 14.6 Å². The van der Waals surface area contributed by atoms with Crippen LogP contribution in [-0.4, -0.2) is 29.7 Å². The highest BCUT2D eigenvalue weighted by Gasteiger charge is 2.21. The molecule has 1 atom stereocenters. The van der Waals surface area contributed by atoms with Crippen LogP contribution in [0.15, 0.2) is 54.6 Å². The third kappa shape index (κ3) is 3.35. The van der Waals surface area contributed by atoms with E-state index < -0.39 is 0 Å². The lowest BCUT2D eigenvalue weighted by molar-refractivity contribution is 0.0620. The summed E-state index contributed by atoms with van der Waals surface area (Å²) in [4.78, 5) is 12.9. The molecule has 1 amide bonds. The number of aromatic nitrogens is 1. The molecule has 4 nitrogen and oxygen atoms in total. The highest BCUT2D eigenvalue weighted by molar-refractivity contribution is 5.99. The number of ether oxygens (including phenoxy) is 1. The Morgan fingerprint density at radius 2 is 2.00 bits per heavy atom. The zero-order valence-corrected chi connectivity index (χ0v) is 14.5. The Morgan fingerprint density at radius 1 is 1.19 bits per heavy atom. The molecule has 1 fully saturated rings. The third-order valence-corrected chi connectivity index (χ3v) is 4.83. The van der Waals surface area contributed by atoms with E-state index in [9.17, 15) is 9.18 Å². The van der Waals surface area contributed by atoms with Crippen LogP contribution in [0, 0.1) is 5.82 Å². The summed E-state index contributed by atoms with van der Waals surface area (Å²) < 4.78 is 21.5. The molecule has 1 aromatic heterocycles. The summed E-state index contributed by atoms with van der Waals surface area (Å²) in [7, 11) is 0. The molecule has 0 bridgehead atoms. The van der Waals surface area contributed by atoms with E-state index in [2.05, 4.69) is 5.32 Å². The van der Waals surface area contributed by atoms with Gasteiger partial charge in [-0.05, 0) is 31.0 Å². The van der Waals surface area contributed by atoms with E-state index >= 15 is 0 Å². The Bertz CT molecular complexity index is 929. The van der Waals surface area contributed by atoms with E-state index in [1.54, 1.807) is 12.1 Å². The fraction of sp³-hybridized carbons (Fsp3) is 0.286. The number of rotatable bonds is 4. The van der Waals surface area contributed by atoms with Crippen molar-refractivity contribution in [3.8, 4) is 0 Å². The number of fused-ring (bicyclic) bond motifs is 1. The molecule has 0 saturated carbocycles. The van der Waals surface area contributed by atoms with Gasteiger partial charge in [0.1, 0.15) is 11.5 Å². The van der Waals surface area contributed by atoms with Gasteiger partial charge in [-0.2, -0.15) is 0 Å². The molecule has 0 radical (unpaired) electrons. The number of hydrogen-bond acceptors (Lipinski definition) is 2. The Kier molecular flexibility index (Phi) is 4.71. The Labute approximate surface area is 151 Å². The first-order valence-corrected chi connectivity index (χ1v) is 8.92. The SMILES string of the molecule is O=C(NC1CCCOC1)c1cc2ccccc2n1Cc1ccccc1F. The van der Waals surface area contributed by atoms with E-state index in [1.807, 2.05) is 41.0 Å². The van der Waals surface area contributed by atoms with Gasteiger partial charge in [-0.15, -0.1) is 0 Å². The first kappa shape index (κ1) is 16.8. The van der Waals surface area contributed by atoms with Gasteiger partial charge >= 0.3 is 0 Å². The van der Waals surface area contributed by atoms with Gasteiger partial charge in [-0.25, -0.2) is 4.39 Å². The first-order chi connectivity index (χ1) is 12.7. The maximum Gasteiger partial charge on any atom is 0.268 e. The summed E-state index contributed by atoms with van der Waals surface area (Å²) >= 11 is 0. The van der Waals surface area contributed by atoms with Gasteiger partial charge in [-0.1, -0.05) is 36.4 Å². The maximum atomic E-state index is 14.2. The topological polar surface area (TPSA) is 43.3 Å². The molecule has 134 valence electrons. The Balaban J connectivity index is 1.69. The Hall–Kier alpha value is -2.66. The number of para-hydroxylation sites is 1. The predicted octanol–water partition coefficient (Wildman–Crippen LogP) is 3.74. The monoisotopic (exact) mass is 352 g/mol. The van der Waals surface area contributed by atoms with Crippen LogP contribution in [0.5, 0.6) is 0 Å². The number of halogens is 1. The summed E-state index contributed by atoms with van der Waals surface area (Å²) in [5.41, 5.74) is 2.02. The zero-order valence-electron chi connectivity index (χ0n) is 14.5. The van der Waals surface area contributed by atoms with E-state index in [4.69, 9.17) is 4.74 Å². The van der Waals surface area contributed by atoms with Gasteiger partial charge in [0.15, 0.2) is 0 Å². The molecule has 1 N–H and O–H groups in total. The Morgan fingerprint density at radius 3 is 2.81 bits per heavy atom. The zero-order chi connectivity index (χ0) is 17.9. The van der Waals surface area contributed by atoms with E-state index in [-0.39, 0.29) is 17.8 Å². The maximum absolute atomic E-state index is 14.2. The summed E-state index contributed by atoms with van der Waals surface area (Å²) in [6.07, 6.45) is 1.86. The molecule has 26 heavy (non-hydrogen) atoms. The number of benzene rings is 2. The molecule has 5 heteroatoms. The summed E-state index contributed by atoms with van der Waals surface area (Å²) in [5, 5.41) is 4.02. The minimum Gasteiger partial charge on any atom is -0.379 e. The van der Waals surface area contributed by atoms with Crippen molar-refractivity contribution in [2.75, 3.05) is 13.2 Å². The van der Waals surface area contributed by atoms with Crippen molar-refractivity contribution < 1.29 is 13.9 Å². The molecule has 2 aromatic carbocycles. The lowest BCUT2D eigenvalue weighted by atomic mass is 10.1. The van der Waals surface area contributed by atoms with Gasteiger partial charge in [0.2, 0.25) is 0 Å². The van der Waals surface area contributed by atoms with Crippen LogP contribution in [0.4, 0.5) is 4.39 Å². The fourth-order valence-corrected chi connectivity index (χ4v) is 3.48. The highest BCUT2D eigenvalue weighted by atomic mass is 19.1. The quantitative estimate of drug-likeness (QED) is 0.777. The number of carbonyl (C=O) groups excluding carboxylic acids is 1. The van der Waals surface area contributed by atoms with Crippen LogP contribution in [0.1, 0.15) is 28.9 Å². The summed E-state index contributed by atoms with van der Waals surface area (Å²) in [6, 6.07) is 16.4. The lowest BCUT2D eigenvalue weighted by Crippen LogP contribution is -2.41. The van der Waals surface area contributed by atoms with Crippen LogP contribution in [0.3, 0.4) is 0 Å². The minimum absolute atomic E-state index is 0.0242. The molecule has 0 spiro atoms. The first-order valence-electron chi connectivity index (χ1n) is 8.92. The van der Waals surface area contributed by atoms with Crippen molar-refractivity contribution in [3.63, 3.8) is 0 Å². The average Bonchev–Trinajstić information content (AvgIpc) is 3.03. The normalized spacial score (nSPS) is 17.3. The van der Waals surface area contributed by atoms with Crippen molar-refractivity contribution in [2.45, 2.75) is 25.4 Å². The number of amides is 1. The van der Waals surface area contributed by atoms with Crippen LogP contribution < -0.4 is 5.32 Å². The van der Waals surface area contributed by atoms with Gasteiger partial charge in [0, 0.05) is 23.1 Å². The number of carbonyl (C=O) groups is 1. The molecule has 4 rings (SSSR count). The van der Waals surface area contributed by atoms with Crippen LogP contribution in [-0.2, 0) is 11.3 Å². The predicted molar refractivity (Wildman–Crippen MR) is 98.7 cm³/mol. The molecular formula is C21H21FN2O2. The molecule has 1 aliphatic rings. The average molecular weight is 352 g/mol. The van der Waals surface area contributed by atoms with Crippen molar-refractivity contribution in [3.05, 3.63) is 71.7 Å². The molecule has 0 aliphatic carbocycles. The van der Waals surface area contributed by atoms with E-state index in [1.165, 1.54) is 6.07 Å². The smallest absolute Gasteiger partial charge is 0.268 e. The largest absolute Gasteiger partial charge is 0.379 e. The van der Waals surface area contributed by atoms with Gasteiger partial charge in [-0.3, -0.25) is 4.79 Å². The highest BCUT2D eigenvalue weighted by Crippen LogP contribution is 2.22. The molecule has 1 saturated heterocycles. The van der Waals surface area contributed by atoms with Crippen LogP contribution >= 0.6 is 0 Å². The van der Waals surface area contributed by atoms with Crippen molar-refractivity contribution in [1.29, 1.82) is 0 Å². The van der Waals surface area contributed by atoms with Crippen molar-refractivity contribution in [1.82, 2.24) is 9.88 Å². The molecule has 1 aliphatic heterocycles. The lowest BCUT2D eigenvalue weighted by Gasteiger charge is -2.23. The molecule has 1 unspecified atom stereocenters. The second kappa shape index (κ2) is 7.30. The number of nitrogens with one attached hydrogen (secondary N) is 1. The number of nitrogens with zero attached hydrogens (tertiary/aromatic N) is 1. The summed E-state index contributed by atoms with van der Waals surface area (Å²) in [5.74, 6) is -0.412. The molecule has 2 heterocycles. The van der Waals surface area contributed by atoms with E-state index in [0.717, 1.165) is 30.4 Å². The fourth-order valence-electron chi connectivity index (χ4n) is 3.48. The standard InChI is InChI=1S/C21H21FN2O2/c22-18-9-3-1-7-16(18)13-24-19-10-4-2-6-15(19)12-20(24)21(25)23-17-8-5-11-26-14-17/h1-4,6-7,9-10,12,17H,5,8,11,13-14H2,(H,23,25). The second-order valence-corrected chi connectivity index (χ2v) is 6.65. The van der Waals surface area contributed by atoms with E-state index in [0.29, 0.717) is 24.4 Å². The van der Waals surface area contributed by atoms with Gasteiger partial charge in [0.05, 0.1) is 19.2 Å². The number of hydrogen-bond donors (Lipinski definition) is 1. The third-order valence-electron chi connectivity index (χ3n) is 4.83. The molecule has 3 aromatic rings. The van der Waals surface area contributed by atoms with Crippen molar-refractivity contribution >= 4 is 16.8 Å². The minimum atomic E-state index is -0.266. The van der Waals surface area contributed by atoms with Crippen molar-refractivity contribution in [2.24, 2.45) is 0 Å². The summed E-state index contributed by atoms with van der Waals surface area (Å²) in [6.45, 7) is 1.60. The van der Waals surface area contributed by atoms with Gasteiger partial charge in [0.25, 0.3) is 5.91 Å². The second-order valence-electron chi connectivity index (χ2n) is 6.65. The molecular weight excluding hydrogens is 331 g/mol. The van der Waals surface area contributed by atoms with Crippen LogP contribution in [0.25, 0.3) is 10.9 Å².